The van der Waals surface area contributed by atoms with Crippen LogP contribution < -0.4 is 0 Å². The Balaban J connectivity index is 2.74. The number of esters is 3. The molecule has 6 unspecified atom stereocenters. The number of aliphatic carboxylic acids is 1. The van der Waals surface area contributed by atoms with Gasteiger partial charge in [-0.1, -0.05) is 221 Å². The zero-order valence-corrected chi connectivity index (χ0v) is 47.0. The summed E-state index contributed by atoms with van der Waals surface area (Å²) in [5, 5.41) is 31.4. The van der Waals surface area contributed by atoms with E-state index >= 15 is 0 Å². The molecule has 1 aliphatic rings. The van der Waals surface area contributed by atoms with Crippen LogP contribution in [0.3, 0.4) is 0 Å². The largest absolute Gasteiger partial charge is 0.479 e. The van der Waals surface area contributed by atoms with Crippen LogP contribution in [0.15, 0.2) is 85.1 Å². The first-order valence-corrected chi connectivity index (χ1v) is 29.6. The Morgan fingerprint density at radius 1 is 0.453 bits per heavy atom. The van der Waals surface area contributed by atoms with Crippen LogP contribution in [0, 0.1) is 0 Å². The molecule has 0 aromatic heterocycles. The first-order chi connectivity index (χ1) is 36.6. The van der Waals surface area contributed by atoms with Gasteiger partial charge in [-0.2, -0.15) is 0 Å². The lowest BCUT2D eigenvalue weighted by Crippen LogP contribution is -2.61. The number of aliphatic hydroxyl groups is 2. The summed E-state index contributed by atoms with van der Waals surface area (Å²) in [6, 6.07) is 0. The van der Waals surface area contributed by atoms with Gasteiger partial charge in [-0.05, 0) is 83.5 Å². The van der Waals surface area contributed by atoms with Crippen molar-refractivity contribution in [1.82, 2.24) is 0 Å². The van der Waals surface area contributed by atoms with Gasteiger partial charge in [0.25, 0.3) is 0 Å². The number of hydrogen-bond donors (Lipinski definition) is 3. The number of allylic oxidation sites excluding steroid dienone is 14. The fourth-order valence-electron chi connectivity index (χ4n) is 8.45. The lowest BCUT2D eigenvalue weighted by atomic mass is 9.98. The standard InChI is InChI=1S/C63H104O12/c1-4-7-10-13-16-19-22-24-26-27-28-29-31-32-35-37-40-43-46-49-55(64)71-52-54(73-56(65)50-47-44-41-39-36-33-30-25-23-20-17-14-11-8-5-2)53-72-63-61(59(68)58(67)60(75-63)62(69)70)74-57(66)51-48-45-42-38-34-21-18-15-12-9-6-3/h7,10,16,19,24-26,28-30,32,35,40,43,54,58-61,63,67-68H,4-6,8-9,11-15,17-18,20-23,27,31,33-34,36-39,41-42,44-53H2,1-3H3,(H,69,70)/b10-7-,19-16-,26-24-,29-28-,30-25-,35-32-,43-40-. The monoisotopic (exact) mass is 1050 g/mol. The molecule has 1 heterocycles. The molecule has 0 aliphatic carbocycles. The van der Waals surface area contributed by atoms with Gasteiger partial charge in [0.2, 0.25) is 0 Å². The third-order valence-electron chi connectivity index (χ3n) is 13.0. The summed E-state index contributed by atoms with van der Waals surface area (Å²) < 4.78 is 28.3. The molecule has 0 bridgehead atoms. The Morgan fingerprint density at radius 3 is 1.33 bits per heavy atom. The molecule has 12 nitrogen and oxygen atoms in total. The summed E-state index contributed by atoms with van der Waals surface area (Å²) in [6.45, 7) is 5.78. The lowest BCUT2D eigenvalue weighted by Gasteiger charge is -2.40. The summed E-state index contributed by atoms with van der Waals surface area (Å²) in [4.78, 5) is 51.0. The Labute approximate surface area is 454 Å². The zero-order chi connectivity index (χ0) is 54.7. The molecule has 0 spiro atoms. The van der Waals surface area contributed by atoms with Gasteiger partial charge in [0, 0.05) is 19.3 Å². The van der Waals surface area contributed by atoms with E-state index in [1.54, 1.807) is 0 Å². The van der Waals surface area contributed by atoms with Crippen molar-refractivity contribution in [3.63, 3.8) is 0 Å². The molecule has 6 atom stereocenters. The number of rotatable bonds is 49. The number of carboxylic acid groups (broad SMARTS) is 1. The Kier molecular flexibility index (Phi) is 46.6. The maximum Gasteiger partial charge on any atom is 0.335 e. The van der Waals surface area contributed by atoms with E-state index in [0.717, 1.165) is 103 Å². The van der Waals surface area contributed by atoms with Crippen molar-refractivity contribution in [3.8, 4) is 0 Å². The second-order valence-electron chi connectivity index (χ2n) is 19.9. The minimum atomic E-state index is -1.91. The Morgan fingerprint density at radius 2 is 0.867 bits per heavy atom. The topological polar surface area (TPSA) is 175 Å². The van der Waals surface area contributed by atoms with E-state index in [1.807, 2.05) is 12.2 Å². The van der Waals surface area contributed by atoms with Gasteiger partial charge in [-0.15, -0.1) is 0 Å². The van der Waals surface area contributed by atoms with Crippen LogP contribution >= 0.6 is 0 Å². The van der Waals surface area contributed by atoms with Crippen molar-refractivity contribution in [2.24, 2.45) is 0 Å². The highest BCUT2D eigenvalue weighted by molar-refractivity contribution is 5.74. The maximum atomic E-state index is 13.1. The minimum Gasteiger partial charge on any atom is -0.479 e. The molecule has 75 heavy (non-hydrogen) atoms. The van der Waals surface area contributed by atoms with Crippen molar-refractivity contribution < 1.29 is 58.2 Å². The van der Waals surface area contributed by atoms with Gasteiger partial charge < -0.3 is 39.0 Å². The highest BCUT2D eigenvalue weighted by Gasteiger charge is 2.50. The van der Waals surface area contributed by atoms with E-state index < -0.39 is 67.3 Å². The van der Waals surface area contributed by atoms with E-state index in [0.29, 0.717) is 19.3 Å². The summed E-state index contributed by atoms with van der Waals surface area (Å²) in [5.41, 5.74) is 0. The number of carbonyl (C=O) groups is 4. The second kappa shape index (κ2) is 50.7. The highest BCUT2D eigenvalue weighted by atomic mass is 16.7. The Hall–Kier alpha value is -4.10. The first kappa shape index (κ1) is 68.9. The summed E-state index contributed by atoms with van der Waals surface area (Å²) in [5.74, 6) is -3.24. The van der Waals surface area contributed by atoms with Crippen molar-refractivity contribution in [2.45, 2.75) is 276 Å². The summed E-state index contributed by atoms with van der Waals surface area (Å²) in [6.07, 6.45) is 52.9. The molecule has 1 rings (SSSR count). The molecule has 0 amide bonds. The second-order valence-corrected chi connectivity index (χ2v) is 19.9. The SMILES string of the molecule is CC/C=C\C/C=C\C/C=C\C/C=C\C/C=C\C/C=C\CCC(=O)OCC(COC1OC(C(=O)O)C(O)C(O)C1OC(=O)CCCCCCCCCCCCC)OC(=O)CCCCCCC/C=C\CCCCCCCC. The predicted octanol–water partition coefficient (Wildman–Crippen LogP) is 15.1. The molecule has 0 aromatic carbocycles. The molecule has 1 fully saturated rings. The minimum absolute atomic E-state index is 0.0521. The Bertz CT molecular complexity index is 1630. The smallest absolute Gasteiger partial charge is 0.335 e. The van der Waals surface area contributed by atoms with Gasteiger partial charge in [-0.3, -0.25) is 14.4 Å². The molecule has 1 saturated heterocycles. The highest BCUT2D eigenvalue weighted by Crippen LogP contribution is 2.26. The van der Waals surface area contributed by atoms with Crippen LogP contribution in [0.4, 0.5) is 0 Å². The number of ether oxygens (including phenoxy) is 5. The van der Waals surface area contributed by atoms with E-state index in [-0.39, 0.29) is 25.9 Å². The number of hydrogen-bond acceptors (Lipinski definition) is 11. The van der Waals surface area contributed by atoms with E-state index in [4.69, 9.17) is 23.7 Å². The molecule has 0 saturated carbocycles. The molecule has 428 valence electrons. The third kappa shape index (κ3) is 40.8. The molecule has 3 N–H and O–H groups in total. The number of carbonyl (C=O) groups excluding carboxylic acids is 3. The normalized spacial score (nSPS) is 18.8. The average Bonchev–Trinajstić information content (AvgIpc) is 3.39. The van der Waals surface area contributed by atoms with Crippen molar-refractivity contribution in [2.75, 3.05) is 13.2 Å². The quantitative estimate of drug-likeness (QED) is 0.0228. The van der Waals surface area contributed by atoms with E-state index in [2.05, 4.69) is 93.7 Å². The first-order valence-electron chi connectivity index (χ1n) is 29.6. The van der Waals surface area contributed by atoms with Crippen LogP contribution in [0.25, 0.3) is 0 Å². The summed E-state index contributed by atoms with van der Waals surface area (Å²) >= 11 is 0. The summed E-state index contributed by atoms with van der Waals surface area (Å²) in [7, 11) is 0. The lowest BCUT2D eigenvalue weighted by molar-refractivity contribution is -0.301. The van der Waals surface area contributed by atoms with Gasteiger partial charge in [0.15, 0.2) is 24.6 Å². The van der Waals surface area contributed by atoms with Crippen molar-refractivity contribution in [3.05, 3.63) is 85.1 Å². The van der Waals surface area contributed by atoms with Crippen LogP contribution in [-0.2, 0) is 42.9 Å². The fourth-order valence-corrected chi connectivity index (χ4v) is 8.45. The zero-order valence-electron chi connectivity index (χ0n) is 47.0. The molecule has 0 radical (unpaired) electrons. The molecule has 0 aromatic rings. The van der Waals surface area contributed by atoms with Gasteiger partial charge in [0.05, 0.1) is 6.61 Å². The molecular formula is C63H104O12. The van der Waals surface area contributed by atoms with Gasteiger partial charge in [-0.25, -0.2) is 4.79 Å². The maximum absolute atomic E-state index is 13.1. The van der Waals surface area contributed by atoms with E-state index in [9.17, 15) is 34.5 Å². The molecular weight excluding hydrogens is 949 g/mol. The van der Waals surface area contributed by atoms with E-state index in [1.165, 1.54) is 77.0 Å². The number of carboxylic acids is 1. The van der Waals surface area contributed by atoms with Crippen LogP contribution in [-0.4, -0.2) is 89.2 Å². The van der Waals surface area contributed by atoms with Crippen LogP contribution in [0.5, 0.6) is 0 Å². The molecule has 12 heteroatoms. The number of aliphatic hydroxyl groups excluding tert-OH is 2. The average molecular weight is 1050 g/mol. The molecule has 1 aliphatic heterocycles. The third-order valence-corrected chi connectivity index (χ3v) is 13.0. The fraction of sp³-hybridized carbons (Fsp3) is 0.714. The van der Waals surface area contributed by atoms with Gasteiger partial charge >= 0.3 is 23.9 Å². The predicted molar refractivity (Wildman–Crippen MR) is 303 cm³/mol. The van der Waals surface area contributed by atoms with Crippen LogP contribution in [0.2, 0.25) is 0 Å². The van der Waals surface area contributed by atoms with Gasteiger partial charge in [0.1, 0.15) is 18.8 Å². The van der Waals surface area contributed by atoms with Crippen molar-refractivity contribution in [1.29, 1.82) is 0 Å². The van der Waals surface area contributed by atoms with Crippen LogP contribution in [0.1, 0.15) is 239 Å². The van der Waals surface area contributed by atoms with Crippen molar-refractivity contribution >= 4 is 23.9 Å². The number of unbranched alkanes of at least 4 members (excludes halogenated alkanes) is 21.